The Bertz CT molecular complexity index is 407. The number of alkyl halides is 1. The van der Waals surface area contributed by atoms with Gasteiger partial charge in [0.15, 0.2) is 0 Å². The van der Waals surface area contributed by atoms with E-state index < -0.39 is 17.7 Å². The van der Waals surface area contributed by atoms with Crippen LogP contribution in [0.2, 0.25) is 0 Å². The molecule has 0 aliphatic heterocycles. The van der Waals surface area contributed by atoms with Crippen LogP contribution in [0.25, 0.3) is 0 Å². The maximum atomic E-state index is 14.1. The van der Waals surface area contributed by atoms with Crippen molar-refractivity contribution in [3.8, 4) is 0 Å². The molecule has 1 N–H and O–H groups in total. The minimum Gasteiger partial charge on any atom is -0.464 e. The monoisotopic (exact) mass is 318 g/mol. The van der Waals surface area contributed by atoms with Gasteiger partial charge in [0.1, 0.15) is 5.60 Å². The number of carbonyl (C=O) groups is 1. The van der Waals surface area contributed by atoms with Gasteiger partial charge in [-0.1, -0.05) is 35.0 Å². The molecule has 3 nitrogen and oxygen atoms in total. The molecule has 0 radical (unpaired) electrons. The second kappa shape index (κ2) is 6.29. The van der Waals surface area contributed by atoms with Crippen LogP contribution in [0, 0.1) is 0 Å². The van der Waals surface area contributed by atoms with Crippen LogP contribution in [0.15, 0.2) is 28.7 Å². The molecule has 0 amide bonds. The van der Waals surface area contributed by atoms with Gasteiger partial charge in [0.05, 0.1) is 6.61 Å². The first-order chi connectivity index (χ1) is 8.45. The summed E-state index contributed by atoms with van der Waals surface area (Å²) in [5.41, 5.74) is -1.50. The van der Waals surface area contributed by atoms with Crippen molar-refractivity contribution in [3.05, 3.63) is 34.3 Å². The number of esters is 1. The lowest BCUT2D eigenvalue weighted by atomic mass is 9.86. The smallest absolute Gasteiger partial charge is 0.344 e. The Labute approximate surface area is 114 Å². The first kappa shape index (κ1) is 15.1. The number of hydrogen-bond donors (Lipinski definition) is 1. The Balaban J connectivity index is 3.04. The molecule has 0 bridgehead atoms. The SMILES string of the molecule is CCOC(=O)C(F)C(O)(CC)c1ccc(Br)cc1. The summed E-state index contributed by atoms with van der Waals surface area (Å²) in [5.74, 6) is -1.04. The molecule has 0 aliphatic rings. The predicted octanol–water partition coefficient (Wildman–Crippen LogP) is 2.95. The Kier molecular flexibility index (Phi) is 5.28. The third-order valence-electron chi connectivity index (χ3n) is 2.80. The van der Waals surface area contributed by atoms with Crippen LogP contribution < -0.4 is 0 Å². The molecule has 0 saturated carbocycles. The summed E-state index contributed by atoms with van der Waals surface area (Å²) >= 11 is 3.26. The third-order valence-corrected chi connectivity index (χ3v) is 3.32. The van der Waals surface area contributed by atoms with Gasteiger partial charge in [0.25, 0.3) is 0 Å². The van der Waals surface area contributed by atoms with Crippen molar-refractivity contribution in [2.45, 2.75) is 32.0 Å². The van der Waals surface area contributed by atoms with Gasteiger partial charge in [-0.2, -0.15) is 0 Å². The second-order valence-corrected chi connectivity index (χ2v) is 4.81. The Morgan fingerprint density at radius 3 is 2.44 bits per heavy atom. The van der Waals surface area contributed by atoms with Crippen LogP contribution in [-0.2, 0) is 15.1 Å². The number of aliphatic hydroxyl groups is 1. The first-order valence-electron chi connectivity index (χ1n) is 5.74. The molecular formula is C13H16BrFO3. The van der Waals surface area contributed by atoms with Crippen molar-refractivity contribution in [3.63, 3.8) is 0 Å². The van der Waals surface area contributed by atoms with E-state index in [9.17, 15) is 14.3 Å². The van der Waals surface area contributed by atoms with Crippen LogP contribution in [0.1, 0.15) is 25.8 Å². The van der Waals surface area contributed by atoms with Gasteiger partial charge in [-0.3, -0.25) is 0 Å². The van der Waals surface area contributed by atoms with E-state index in [1.165, 1.54) is 0 Å². The first-order valence-corrected chi connectivity index (χ1v) is 6.54. The summed E-state index contributed by atoms with van der Waals surface area (Å²) in [7, 11) is 0. The van der Waals surface area contributed by atoms with Crippen molar-refractivity contribution >= 4 is 21.9 Å². The van der Waals surface area contributed by atoms with Crippen LogP contribution in [0.3, 0.4) is 0 Å². The van der Waals surface area contributed by atoms with Gasteiger partial charge in [-0.25, -0.2) is 9.18 Å². The van der Waals surface area contributed by atoms with Gasteiger partial charge in [-0.15, -0.1) is 0 Å². The Morgan fingerprint density at radius 2 is 2.00 bits per heavy atom. The largest absolute Gasteiger partial charge is 0.464 e. The van der Waals surface area contributed by atoms with E-state index in [1.807, 2.05) is 0 Å². The minimum atomic E-state index is -2.09. The average Bonchev–Trinajstić information content (AvgIpc) is 2.38. The quantitative estimate of drug-likeness (QED) is 0.849. The molecule has 0 heterocycles. The van der Waals surface area contributed by atoms with Gasteiger partial charge in [-0.05, 0) is 31.0 Å². The highest BCUT2D eigenvalue weighted by Gasteiger charge is 2.43. The van der Waals surface area contributed by atoms with E-state index in [1.54, 1.807) is 38.1 Å². The highest BCUT2D eigenvalue weighted by molar-refractivity contribution is 9.10. The number of rotatable bonds is 5. The molecule has 1 aromatic carbocycles. The summed E-state index contributed by atoms with van der Waals surface area (Å²) in [4.78, 5) is 11.4. The molecule has 0 saturated heterocycles. The van der Waals surface area contributed by atoms with Crippen molar-refractivity contribution in [1.82, 2.24) is 0 Å². The van der Waals surface area contributed by atoms with Gasteiger partial charge in [0.2, 0.25) is 6.17 Å². The van der Waals surface area contributed by atoms with Crippen molar-refractivity contribution in [2.75, 3.05) is 6.61 Å². The lowest BCUT2D eigenvalue weighted by Gasteiger charge is -2.29. The number of hydrogen-bond acceptors (Lipinski definition) is 3. The topological polar surface area (TPSA) is 46.5 Å². The van der Waals surface area contributed by atoms with Crippen molar-refractivity contribution in [2.24, 2.45) is 0 Å². The van der Waals surface area contributed by atoms with Crippen LogP contribution in [0.5, 0.6) is 0 Å². The fourth-order valence-electron chi connectivity index (χ4n) is 1.68. The highest BCUT2D eigenvalue weighted by atomic mass is 79.9. The molecule has 1 rings (SSSR count). The molecule has 0 aliphatic carbocycles. The fraction of sp³-hybridized carbons (Fsp3) is 0.462. The standard InChI is InChI=1S/C13H16BrFO3/c1-3-13(17,11(15)12(16)18-4-2)9-5-7-10(14)8-6-9/h5-8,11,17H,3-4H2,1-2H3. The summed E-state index contributed by atoms with van der Waals surface area (Å²) in [6.45, 7) is 3.29. The van der Waals surface area contributed by atoms with E-state index >= 15 is 0 Å². The lowest BCUT2D eigenvalue weighted by molar-refractivity contribution is -0.162. The van der Waals surface area contributed by atoms with Crippen LogP contribution in [-0.4, -0.2) is 23.9 Å². The summed E-state index contributed by atoms with van der Waals surface area (Å²) in [6, 6.07) is 6.54. The molecule has 5 heteroatoms. The number of halogens is 2. The van der Waals surface area contributed by atoms with E-state index in [0.717, 1.165) is 4.47 Å². The molecule has 1 aromatic rings. The van der Waals surface area contributed by atoms with Gasteiger partial charge in [0, 0.05) is 4.47 Å². The highest BCUT2D eigenvalue weighted by Crippen LogP contribution is 2.32. The molecule has 2 unspecified atom stereocenters. The number of benzene rings is 1. The third kappa shape index (κ3) is 3.09. The van der Waals surface area contributed by atoms with E-state index in [4.69, 9.17) is 0 Å². The van der Waals surface area contributed by atoms with E-state index in [2.05, 4.69) is 20.7 Å². The Hall–Kier alpha value is -0.940. The second-order valence-electron chi connectivity index (χ2n) is 3.90. The average molecular weight is 319 g/mol. The van der Waals surface area contributed by atoms with Crippen LogP contribution in [0.4, 0.5) is 4.39 Å². The number of carbonyl (C=O) groups excluding carboxylic acids is 1. The molecule has 0 fully saturated rings. The zero-order chi connectivity index (χ0) is 13.8. The molecular weight excluding hydrogens is 303 g/mol. The van der Waals surface area contributed by atoms with Crippen molar-refractivity contribution < 1.29 is 19.0 Å². The molecule has 18 heavy (non-hydrogen) atoms. The zero-order valence-corrected chi connectivity index (χ0v) is 11.9. The number of ether oxygens (including phenoxy) is 1. The van der Waals surface area contributed by atoms with Gasteiger partial charge < -0.3 is 9.84 Å². The zero-order valence-electron chi connectivity index (χ0n) is 10.3. The summed E-state index contributed by atoms with van der Waals surface area (Å²) < 4.78 is 19.5. The van der Waals surface area contributed by atoms with Crippen molar-refractivity contribution in [1.29, 1.82) is 0 Å². The van der Waals surface area contributed by atoms with Crippen LogP contribution >= 0.6 is 15.9 Å². The molecule has 100 valence electrons. The molecule has 2 atom stereocenters. The lowest BCUT2D eigenvalue weighted by Crippen LogP contribution is -2.42. The van der Waals surface area contributed by atoms with E-state index in [0.29, 0.717) is 5.56 Å². The normalized spacial score (nSPS) is 15.8. The summed E-state index contributed by atoms with van der Waals surface area (Å²) in [5, 5.41) is 10.4. The molecule has 0 spiro atoms. The summed E-state index contributed by atoms with van der Waals surface area (Å²) in [6.07, 6.45) is -2.02. The predicted molar refractivity (Wildman–Crippen MR) is 69.9 cm³/mol. The van der Waals surface area contributed by atoms with E-state index in [-0.39, 0.29) is 13.0 Å². The molecule has 0 aromatic heterocycles. The minimum absolute atomic E-state index is 0.0780. The van der Waals surface area contributed by atoms with Gasteiger partial charge >= 0.3 is 5.97 Å². The maximum absolute atomic E-state index is 14.1. The Morgan fingerprint density at radius 1 is 1.44 bits per heavy atom. The fourth-order valence-corrected chi connectivity index (χ4v) is 1.94. The maximum Gasteiger partial charge on any atom is 0.344 e.